The Morgan fingerprint density at radius 2 is 1.71 bits per heavy atom. The van der Waals surface area contributed by atoms with Gasteiger partial charge in [0, 0.05) is 12.1 Å². The largest absolute Gasteiger partial charge is 0.313 e. The SMILES string of the molecule is CCCNC(Cc1cc(F)cc(F)c1)C(C)C. The molecule has 0 saturated carbocycles. The molecule has 1 aromatic carbocycles. The van der Waals surface area contributed by atoms with Gasteiger partial charge >= 0.3 is 0 Å². The van der Waals surface area contributed by atoms with E-state index < -0.39 is 11.6 Å². The Hall–Kier alpha value is -0.960. The summed E-state index contributed by atoms with van der Waals surface area (Å²) in [7, 11) is 0. The first-order valence-electron chi connectivity index (χ1n) is 6.21. The summed E-state index contributed by atoms with van der Waals surface area (Å²) < 4.78 is 26.1. The third kappa shape index (κ3) is 4.82. The third-order valence-electron chi connectivity index (χ3n) is 2.84. The molecule has 0 aromatic heterocycles. The molecule has 0 spiro atoms. The van der Waals surface area contributed by atoms with Gasteiger partial charge in [-0.15, -0.1) is 0 Å². The molecule has 1 unspecified atom stereocenters. The quantitative estimate of drug-likeness (QED) is 0.803. The Bertz CT molecular complexity index is 330. The monoisotopic (exact) mass is 241 g/mol. The summed E-state index contributed by atoms with van der Waals surface area (Å²) in [6, 6.07) is 3.99. The third-order valence-corrected chi connectivity index (χ3v) is 2.84. The van der Waals surface area contributed by atoms with Crippen LogP contribution in [-0.4, -0.2) is 12.6 Å². The van der Waals surface area contributed by atoms with Crippen LogP contribution in [0.1, 0.15) is 32.8 Å². The van der Waals surface area contributed by atoms with Crippen LogP contribution in [0.25, 0.3) is 0 Å². The van der Waals surface area contributed by atoms with Crippen molar-refractivity contribution >= 4 is 0 Å². The molecule has 96 valence electrons. The number of hydrogen-bond donors (Lipinski definition) is 1. The Kier molecular flexibility index (Phi) is 5.56. The second kappa shape index (κ2) is 6.70. The molecule has 0 radical (unpaired) electrons. The molecule has 1 atom stereocenters. The van der Waals surface area contributed by atoms with Gasteiger partial charge in [0.1, 0.15) is 11.6 Å². The molecule has 0 bridgehead atoms. The fourth-order valence-corrected chi connectivity index (χ4v) is 1.86. The molecule has 0 amide bonds. The van der Waals surface area contributed by atoms with Crippen molar-refractivity contribution in [3.05, 3.63) is 35.4 Å². The van der Waals surface area contributed by atoms with Gasteiger partial charge in [-0.25, -0.2) is 8.78 Å². The van der Waals surface area contributed by atoms with Gasteiger partial charge < -0.3 is 5.32 Å². The Morgan fingerprint density at radius 1 is 1.12 bits per heavy atom. The van der Waals surface area contributed by atoms with E-state index in [-0.39, 0.29) is 6.04 Å². The van der Waals surface area contributed by atoms with Gasteiger partial charge in [0.15, 0.2) is 0 Å². The summed E-state index contributed by atoms with van der Waals surface area (Å²) in [5.74, 6) is -0.566. The van der Waals surface area contributed by atoms with Crippen molar-refractivity contribution in [2.45, 2.75) is 39.7 Å². The first kappa shape index (κ1) is 14.1. The van der Waals surface area contributed by atoms with Gasteiger partial charge in [0.25, 0.3) is 0 Å². The molecule has 0 heterocycles. The van der Waals surface area contributed by atoms with Crippen molar-refractivity contribution in [1.82, 2.24) is 5.32 Å². The molecule has 1 N–H and O–H groups in total. The van der Waals surface area contributed by atoms with Crippen LogP contribution in [0.2, 0.25) is 0 Å². The van der Waals surface area contributed by atoms with Crippen LogP contribution >= 0.6 is 0 Å². The molecular weight excluding hydrogens is 220 g/mol. The van der Waals surface area contributed by atoms with E-state index in [1.807, 2.05) is 0 Å². The molecule has 0 aliphatic heterocycles. The van der Waals surface area contributed by atoms with Crippen molar-refractivity contribution in [2.24, 2.45) is 5.92 Å². The Morgan fingerprint density at radius 3 is 2.18 bits per heavy atom. The smallest absolute Gasteiger partial charge is 0.126 e. The van der Waals surface area contributed by atoms with Gasteiger partial charge in [-0.3, -0.25) is 0 Å². The lowest BCUT2D eigenvalue weighted by molar-refractivity contribution is 0.396. The zero-order valence-electron chi connectivity index (χ0n) is 10.8. The van der Waals surface area contributed by atoms with Crippen LogP contribution in [-0.2, 0) is 6.42 Å². The topological polar surface area (TPSA) is 12.0 Å². The van der Waals surface area contributed by atoms with Gasteiger partial charge in [0.2, 0.25) is 0 Å². The number of nitrogens with one attached hydrogen (secondary N) is 1. The molecule has 0 aliphatic carbocycles. The fraction of sp³-hybridized carbons (Fsp3) is 0.571. The number of halogens is 2. The summed E-state index contributed by atoms with van der Waals surface area (Å²) in [6.07, 6.45) is 1.72. The minimum Gasteiger partial charge on any atom is -0.313 e. The average Bonchev–Trinajstić information content (AvgIpc) is 2.22. The summed E-state index contributed by atoms with van der Waals surface area (Å²) in [4.78, 5) is 0. The highest BCUT2D eigenvalue weighted by Gasteiger charge is 2.14. The van der Waals surface area contributed by atoms with Crippen LogP contribution in [0.3, 0.4) is 0 Å². The zero-order chi connectivity index (χ0) is 12.8. The lowest BCUT2D eigenvalue weighted by Gasteiger charge is -2.22. The van der Waals surface area contributed by atoms with E-state index in [2.05, 4.69) is 26.1 Å². The molecule has 1 rings (SSSR count). The van der Waals surface area contributed by atoms with Crippen molar-refractivity contribution in [3.63, 3.8) is 0 Å². The predicted octanol–water partition coefficient (Wildman–Crippen LogP) is 3.53. The lowest BCUT2D eigenvalue weighted by atomic mass is 9.96. The number of hydrogen-bond acceptors (Lipinski definition) is 1. The molecular formula is C14H21F2N. The van der Waals surface area contributed by atoms with Crippen molar-refractivity contribution in [2.75, 3.05) is 6.54 Å². The van der Waals surface area contributed by atoms with Gasteiger partial charge in [-0.1, -0.05) is 20.8 Å². The van der Waals surface area contributed by atoms with E-state index in [0.29, 0.717) is 17.9 Å². The normalized spacial score (nSPS) is 13.1. The first-order valence-corrected chi connectivity index (χ1v) is 6.21. The van der Waals surface area contributed by atoms with Crippen LogP contribution < -0.4 is 5.32 Å². The summed E-state index contributed by atoms with van der Waals surface area (Å²) >= 11 is 0. The van der Waals surface area contributed by atoms with E-state index in [9.17, 15) is 8.78 Å². The Labute approximate surface area is 102 Å². The van der Waals surface area contributed by atoms with E-state index in [1.165, 1.54) is 12.1 Å². The lowest BCUT2D eigenvalue weighted by Crippen LogP contribution is -2.36. The van der Waals surface area contributed by atoms with E-state index in [4.69, 9.17) is 0 Å². The molecule has 3 heteroatoms. The average molecular weight is 241 g/mol. The second-order valence-electron chi connectivity index (χ2n) is 4.79. The van der Waals surface area contributed by atoms with Crippen LogP contribution in [0, 0.1) is 17.6 Å². The second-order valence-corrected chi connectivity index (χ2v) is 4.79. The molecule has 1 aromatic rings. The van der Waals surface area contributed by atoms with Gasteiger partial charge in [0.05, 0.1) is 0 Å². The van der Waals surface area contributed by atoms with Crippen LogP contribution in [0.5, 0.6) is 0 Å². The van der Waals surface area contributed by atoms with Crippen molar-refractivity contribution in [3.8, 4) is 0 Å². The highest BCUT2D eigenvalue weighted by Crippen LogP contribution is 2.13. The minimum atomic E-state index is -0.502. The van der Waals surface area contributed by atoms with E-state index >= 15 is 0 Å². The first-order chi connectivity index (χ1) is 8.02. The van der Waals surface area contributed by atoms with Crippen LogP contribution in [0.15, 0.2) is 18.2 Å². The Balaban J connectivity index is 2.71. The molecule has 17 heavy (non-hydrogen) atoms. The van der Waals surface area contributed by atoms with E-state index in [1.54, 1.807) is 0 Å². The fourth-order valence-electron chi connectivity index (χ4n) is 1.86. The maximum Gasteiger partial charge on any atom is 0.126 e. The molecule has 0 saturated heterocycles. The molecule has 1 nitrogen and oxygen atoms in total. The highest BCUT2D eigenvalue weighted by molar-refractivity contribution is 5.19. The summed E-state index contributed by atoms with van der Waals surface area (Å²) in [5.41, 5.74) is 0.713. The van der Waals surface area contributed by atoms with Crippen molar-refractivity contribution < 1.29 is 8.78 Å². The number of rotatable bonds is 6. The van der Waals surface area contributed by atoms with Crippen molar-refractivity contribution in [1.29, 1.82) is 0 Å². The standard InChI is InChI=1S/C14H21F2N/c1-4-5-17-14(10(2)3)8-11-6-12(15)9-13(16)7-11/h6-7,9-10,14,17H,4-5,8H2,1-3H3. The molecule has 0 fully saturated rings. The number of benzene rings is 1. The van der Waals surface area contributed by atoms with Gasteiger partial charge in [-0.05, 0) is 43.0 Å². The maximum atomic E-state index is 13.1. The van der Waals surface area contributed by atoms with E-state index in [0.717, 1.165) is 19.0 Å². The molecule has 0 aliphatic rings. The summed E-state index contributed by atoms with van der Waals surface area (Å²) in [5, 5.41) is 3.41. The predicted molar refractivity (Wildman–Crippen MR) is 67.0 cm³/mol. The maximum absolute atomic E-state index is 13.1. The highest BCUT2D eigenvalue weighted by atomic mass is 19.1. The summed E-state index contributed by atoms with van der Waals surface area (Å²) in [6.45, 7) is 7.26. The zero-order valence-corrected chi connectivity index (χ0v) is 10.8. The van der Waals surface area contributed by atoms with Gasteiger partial charge in [-0.2, -0.15) is 0 Å². The van der Waals surface area contributed by atoms with Crippen LogP contribution in [0.4, 0.5) is 8.78 Å². The minimum absolute atomic E-state index is 0.260.